The van der Waals surface area contributed by atoms with Crippen molar-refractivity contribution in [2.24, 2.45) is 5.92 Å². The van der Waals surface area contributed by atoms with Crippen LogP contribution in [0.4, 0.5) is 0 Å². The van der Waals surface area contributed by atoms with Crippen LogP contribution in [0, 0.1) is 5.92 Å². The van der Waals surface area contributed by atoms with Crippen LogP contribution in [0.1, 0.15) is 65.0 Å². The number of piperidine rings is 1. The number of aromatic nitrogens is 2. The van der Waals surface area contributed by atoms with Gasteiger partial charge in [-0.2, -0.15) is 0 Å². The van der Waals surface area contributed by atoms with Crippen molar-refractivity contribution in [2.75, 3.05) is 19.6 Å². The van der Waals surface area contributed by atoms with Gasteiger partial charge in [-0.1, -0.05) is 37.3 Å². The first-order valence-electron chi connectivity index (χ1n) is 10.8. The van der Waals surface area contributed by atoms with Crippen LogP contribution in [0.15, 0.2) is 30.3 Å². The Kier molecular flexibility index (Phi) is 5.97. The van der Waals surface area contributed by atoms with E-state index in [0.717, 1.165) is 57.4 Å². The molecule has 0 radical (unpaired) electrons. The number of carbonyl (C=O) groups excluding carboxylic acids is 2. The van der Waals surface area contributed by atoms with E-state index >= 15 is 0 Å². The molecule has 0 aliphatic carbocycles. The zero-order valence-corrected chi connectivity index (χ0v) is 17.2. The molecule has 6 nitrogen and oxygen atoms in total. The molecular weight excluding hydrogens is 364 g/mol. The molecule has 2 aliphatic heterocycles. The molecule has 29 heavy (non-hydrogen) atoms. The number of fused-ring (bicyclic) bond motifs is 1. The Labute approximate surface area is 172 Å². The highest BCUT2D eigenvalue weighted by Crippen LogP contribution is 2.24. The topological polar surface area (TPSA) is 67.2 Å². The number of benzene rings is 1. The predicted octanol–water partition coefficient (Wildman–Crippen LogP) is 3.06. The van der Waals surface area contributed by atoms with Crippen LogP contribution >= 0.6 is 0 Å². The maximum Gasteiger partial charge on any atom is 0.289 e. The molecule has 0 bridgehead atoms. The normalized spacial score (nSPS) is 18.9. The van der Waals surface area contributed by atoms with Crippen molar-refractivity contribution in [2.45, 2.75) is 52.0 Å². The number of amides is 2. The van der Waals surface area contributed by atoms with Crippen LogP contribution in [0.25, 0.3) is 0 Å². The average molecular weight is 395 g/mol. The van der Waals surface area contributed by atoms with Crippen LogP contribution in [-0.2, 0) is 19.4 Å². The van der Waals surface area contributed by atoms with Crippen LogP contribution in [0.2, 0.25) is 0 Å². The van der Waals surface area contributed by atoms with Gasteiger partial charge in [0.15, 0.2) is 5.82 Å². The Hall–Kier alpha value is -2.63. The molecule has 0 saturated carbocycles. The van der Waals surface area contributed by atoms with Crippen molar-refractivity contribution in [3.63, 3.8) is 0 Å². The van der Waals surface area contributed by atoms with Crippen molar-refractivity contribution >= 4 is 11.8 Å². The SMILES string of the molecule is CC1CCCN(C(=O)c2nc(C(=O)NCCc3ccccc3)c3n2CCCC3)C1. The highest BCUT2D eigenvalue weighted by atomic mass is 16.2. The summed E-state index contributed by atoms with van der Waals surface area (Å²) in [5.74, 6) is 0.770. The largest absolute Gasteiger partial charge is 0.350 e. The lowest BCUT2D eigenvalue weighted by molar-refractivity contribution is 0.0664. The van der Waals surface area contributed by atoms with Crippen molar-refractivity contribution in [3.8, 4) is 0 Å². The van der Waals surface area contributed by atoms with Gasteiger partial charge in [0.2, 0.25) is 0 Å². The summed E-state index contributed by atoms with van der Waals surface area (Å²) < 4.78 is 2.00. The van der Waals surface area contributed by atoms with Crippen molar-refractivity contribution in [3.05, 3.63) is 53.1 Å². The van der Waals surface area contributed by atoms with Crippen LogP contribution < -0.4 is 5.32 Å². The summed E-state index contributed by atoms with van der Waals surface area (Å²) in [6, 6.07) is 10.1. The number of nitrogens with zero attached hydrogens (tertiary/aromatic N) is 3. The first-order valence-corrected chi connectivity index (χ1v) is 10.8. The number of nitrogens with one attached hydrogen (secondary N) is 1. The Morgan fingerprint density at radius 3 is 2.76 bits per heavy atom. The van der Waals surface area contributed by atoms with Gasteiger partial charge in [0, 0.05) is 26.2 Å². The van der Waals surface area contributed by atoms with Gasteiger partial charge >= 0.3 is 0 Å². The standard InChI is InChI=1S/C23H30N4O2/c1-17-8-7-14-26(16-17)23(29)21-25-20(19-11-5-6-15-27(19)21)22(28)24-13-12-18-9-3-2-4-10-18/h2-4,9-10,17H,5-8,11-16H2,1H3,(H,24,28). The molecule has 2 aliphatic rings. The predicted molar refractivity (Wildman–Crippen MR) is 112 cm³/mol. The maximum absolute atomic E-state index is 13.2. The van der Waals surface area contributed by atoms with Gasteiger partial charge in [-0.3, -0.25) is 9.59 Å². The lowest BCUT2D eigenvalue weighted by Gasteiger charge is -2.31. The molecule has 1 saturated heterocycles. The van der Waals surface area contributed by atoms with E-state index < -0.39 is 0 Å². The minimum Gasteiger partial charge on any atom is -0.350 e. The first kappa shape index (κ1) is 19.7. The van der Waals surface area contributed by atoms with Crippen molar-refractivity contribution < 1.29 is 9.59 Å². The molecule has 1 aromatic carbocycles. The summed E-state index contributed by atoms with van der Waals surface area (Å²) >= 11 is 0. The zero-order chi connectivity index (χ0) is 20.2. The van der Waals surface area contributed by atoms with E-state index in [4.69, 9.17) is 0 Å². The minimum atomic E-state index is -0.169. The quantitative estimate of drug-likeness (QED) is 0.848. The molecule has 2 aromatic rings. The highest BCUT2D eigenvalue weighted by molar-refractivity contribution is 5.97. The monoisotopic (exact) mass is 394 g/mol. The number of carbonyl (C=O) groups is 2. The lowest BCUT2D eigenvalue weighted by Crippen LogP contribution is -2.40. The molecule has 1 atom stereocenters. The first-order chi connectivity index (χ1) is 14.1. The summed E-state index contributed by atoms with van der Waals surface area (Å²) in [6.45, 7) is 5.07. The van der Waals surface area contributed by atoms with Gasteiger partial charge in [-0.05, 0) is 50.0 Å². The Morgan fingerprint density at radius 2 is 1.97 bits per heavy atom. The molecule has 4 rings (SSSR count). The molecule has 6 heteroatoms. The van der Waals surface area contributed by atoms with E-state index in [1.54, 1.807) is 0 Å². The summed E-state index contributed by atoms with van der Waals surface area (Å²) in [7, 11) is 0. The molecule has 1 aromatic heterocycles. The van der Waals surface area contributed by atoms with E-state index in [2.05, 4.69) is 29.4 Å². The lowest BCUT2D eigenvalue weighted by atomic mass is 10.0. The fourth-order valence-corrected chi connectivity index (χ4v) is 4.45. The van der Waals surface area contributed by atoms with E-state index in [1.807, 2.05) is 27.7 Å². The summed E-state index contributed by atoms with van der Waals surface area (Å²) in [5.41, 5.74) is 2.54. The highest BCUT2D eigenvalue weighted by Gasteiger charge is 2.31. The van der Waals surface area contributed by atoms with Crippen LogP contribution in [0.5, 0.6) is 0 Å². The Bertz CT molecular complexity index is 875. The van der Waals surface area contributed by atoms with Gasteiger partial charge in [0.1, 0.15) is 5.69 Å². The van der Waals surface area contributed by atoms with Gasteiger partial charge in [-0.25, -0.2) is 4.98 Å². The molecule has 0 spiro atoms. The second-order valence-corrected chi connectivity index (χ2v) is 8.33. The summed E-state index contributed by atoms with van der Waals surface area (Å²) in [6.07, 6.45) is 5.84. The van der Waals surface area contributed by atoms with Crippen molar-refractivity contribution in [1.29, 1.82) is 0 Å². The van der Waals surface area contributed by atoms with Gasteiger partial charge in [-0.15, -0.1) is 0 Å². The molecule has 1 fully saturated rings. The van der Waals surface area contributed by atoms with Crippen LogP contribution in [-0.4, -0.2) is 45.9 Å². The fourth-order valence-electron chi connectivity index (χ4n) is 4.45. The second-order valence-electron chi connectivity index (χ2n) is 8.33. The maximum atomic E-state index is 13.2. The number of rotatable bonds is 5. The van der Waals surface area contributed by atoms with Crippen molar-refractivity contribution in [1.82, 2.24) is 19.8 Å². The van der Waals surface area contributed by atoms with Gasteiger partial charge < -0.3 is 14.8 Å². The third-order valence-corrected chi connectivity index (χ3v) is 6.01. The minimum absolute atomic E-state index is 0.0250. The number of hydrogen-bond donors (Lipinski definition) is 1. The zero-order valence-electron chi connectivity index (χ0n) is 17.2. The van der Waals surface area contributed by atoms with E-state index in [-0.39, 0.29) is 11.8 Å². The van der Waals surface area contributed by atoms with Gasteiger partial charge in [0.05, 0.1) is 5.69 Å². The molecule has 3 heterocycles. The smallest absolute Gasteiger partial charge is 0.289 e. The van der Waals surface area contributed by atoms with E-state index in [1.165, 1.54) is 12.0 Å². The fraction of sp³-hybridized carbons (Fsp3) is 0.522. The van der Waals surface area contributed by atoms with Crippen LogP contribution in [0.3, 0.4) is 0 Å². The summed E-state index contributed by atoms with van der Waals surface area (Å²) in [5, 5.41) is 3.00. The average Bonchev–Trinajstić information content (AvgIpc) is 3.14. The third-order valence-electron chi connectivity index (χ3n) is 6.01. The molecule has 154 valence electrons. The number of imidazole rings is 1. The van der Waals surface area contributed by atoms with E-state index in [0.29, 0.717) is 24.0 Å². The molecule has 2 amide bonds. The molecule has 1 unspecified atom stereocenters. The summed E-state index contributed by atoms with van der Waals surface area (Å²) in [4.78, 5) is 32.5. The Balaban J connectivity index is 1.49. The van der Waals surface area contributed by atoms with Gasteiger partial charge in [0.25, 0.3) is 11.8 Å². The number of likely N-dealkylation sites (tertiary alicyclic amines) is 1. The third kappa shape index (κ3) is 4.36. The number of hydrogen-bond acceptors (Lipinski definition) is 3. The Morgan fingerprint density at radius 1 is 1.14 bits per heavy atom. The molecule has 1 N–H and O–H groups in total. The second kappa shape index (κ2) is 8.80. The van der Waals surface area contributed by atoms with E-state index in [9.17, 15) is 9.59 Å². The molecular formula is C23H30N4O2.